The second-order valence-electron chi connectivity index (χ2n) is 5.93. The number of benzene rings is 1. The van der Waals surface area contributed by atoms with E-state index >= 15 is 0 Å². The molecule has 0 amide bonds. The van der Waals surface area contributed by atoms with Crippen LogP contribution in [0.25, 0.3) is 11.0 Å². The summed E-state index contributed by atoms with van der Waals surface area (Å²) in [5, 5.41) is 1.02. The van der Waals surface area contributed by atoms with Crippen LogP contribution in [0.3, 0.4) is 0 Å². The number of hydrogen-bond acceptors (Lipinski definition) is 4. The Morgan fingerprint density at radius 3 is 2.46 bits per heavy atom. The van der Waals surface area contributed by atoms with Gasteiger partial charge in [0.1, 0.15) is 29.4 Å². The summed E-state index contributed by atoms with van der Waals surface area (Å²) in [6.45, 7) is 2.75. The van der Waals surface area contributed by atoms with Gasteiger partial charge in [0.25, 0.3) is 0 Å². The highest BCUT2D eigenvalue weighted by atomic mass is 19.1. The zero-order chi connectivity index (χ0) is 16.7. The highest BCUT2D eigenvalue weighted by Gasteiger charge is 2.22. The Hall–Kier alpha value is -2.70. The van der Waals surface area contributed by atoms with Crippen LogP contribution in [-0.2, 0) is 7.05 Å². The van der Waals surface area contributed by atoms with Crippen molar-refractivity contribution < 1.29 is 8.78 Å². The van der Waals surface area contributed by atoms with E-state index in [1.165, 1.54) is 12.1 Å². The summed E-state index contributed by atoms with van der Waals surface area (Å²) < 4.78 is 29.0. The van der Waals surface area contributed by atoms with Crippen LogP contribution in [0.2, 0.25) is 0 Å². The molecule has 0 aliphatic carbocycles. The number of aryl methyl sites for hydroxylation is 1. The van der Waals surface area contributed by atoms with Gasteiger partial charge in [0.15, 0.2) is 0 Å². The number of aromatic nitrogens is 3. The molecule has 5 nitrogen and oxygen atoms in total. The van der Waals surface area contributed by atoms with Gasteiger partial charge in [-0.1, -0.05) is 0 Å². The van der Waals surface area contributed by atoms with Crippen LogP contribution in [0.4, 0.5) is 20.3 Å². The maximum atomic E-state index is 13.9. The van der Waals surface area contributed by atoms with Gasteiger partial charge in [-0.25, -0.2) is 18.7 Å². The van der Waals surface area contributed by atoms with Crippen LogP contribution in [0.15, 0.2) is 36.8 Å². The summed E-state index contributed by atoms with van der Waals surface area (Å²) >= 11 is 0. The Balaban J connectivity index is 1.55. The molecular weight excluding hydrogens is 312 g/mol. The lowest BCUT2D eigenvalue weighted by Gasteiger charge is -2.37. The lowest BCUT2D eigenvalue weighted by Crippen LogP contribution is -2.47. The van der Waals surface area contributed by atoms with Gasteiger partial charge in [0.05, 0.1) is 11.1 Å². The lowest BCUT2D eigenvalue weighted by molar-refractivity contribution is 0.570. The van der Waals surface area contributed by atoms with Crippen LogP contribution in [-0.4, -0.2) is 40.7 Å². The molecule has 0 bridgehead atoms. The maximum absolute atomic E-state index is 13.9. The number of rotatable bonds is 2. The fraction of sp³-hybridized carbons (Fsp3) is 0.294. The molecular formula is C17H17F2N5. The first-order chi connectivity index (χ1) is 11.6. The second kappa shape index (κ2) is 5.74. The fourth-order valence-electron chi connectivity index (χ4n) is 3.21. The molecule has 1 aliphatic rings. The molecule has 0 atom stereocenters. The number of halogens is 2. The van der Waals surface area contributed by atoms with E-state index in [0.717, 1.165) is 36.0 Å². The van der Waals surface area contributed by atoms with Gasteiger partial charge < -0.3 is 14.4 Å². The summed E-state index contributed by atoms with van der Waals surface area (Å²) in [5.41, 5.74) is 1.34. The Bertz CT molecular complexity index is 884. The summed E-state index contributed by atoms with van der Waals surface area (Å²) in [6.07, 6.45) is 3.54. The van der Waals surface area contributed by atoms with Crippen molar-refractivity contribution in [2.45, 2.75) is 0 Å². The minimum atomic E-state index is -0.553. The minimum absolute atomic E-state index is 0.448. The van der Waals surface area contributed by atoms with Crippen molar-refractivity contribution in [3.05, 3.63) is 48.4 Å². The van der Waals surface area contributed by atoms with Crippen molar-refractivity contribution in [1.82, 2.24) is 14.5 Å². The molecule has 0 N–H and O–H groups in total. The van der Waals surface area contributed by atoms with Gasteiger partial charge in [0.2, 0.25) is 0 Å². The summed E-state index contributed by atoms with van der Waals surface area (Å²) in [5.74, 6) is -0.168. The molecule has 124 valence electrons. The molecule has 0 radical (unpaired) electrons. The van der Waals surface area contributed by atoms with Crippen LogP contribution >= 0.6 is 0 Å². The van der Waals surface area contributed by atoms with Crippen molar-refractivity contribution in [1.29, 1.82) is 0 Å². The quantitative estimate of drug-likeness (QED) is 0.724. The molecule has 1 saturated heterocycles. The summed E-state index contributed by atoms with van der Waals surface area (Å²) in [6, 6.07) is 5.74. The first-order valence-electron chi connectivity index (χ1n) is 7.84. The summed E-state index contributed by atoms with van der Waals surface area (Å²) in [7, 11) is 1.95. The molecule has 4 rings (SSSR count). The molecule has 1 aliphatic heterocycles. The number of nitrogens with zero attached hydrogens (tertiary/aromatic N) is 5. The smallest absolute Gasteiger partial charge is 0.149 e. The van der Waals surface area contributed by atoms with Crippen molar-refractivity contribution in [2.24, 2.45) is 7.05 Å². The molecule has 0 spiro atoms. The molecule has 2 aromatic heterocycles. The topological polar surface area (TPSA) is 37.2 Å². The van der Waals surface area contributed by atoms with Gasteiger partial charge in [-0.3, -0.25) is 0 Å². The van der Waals surface area contributed by atoms with E-state index in [9.17, 15) is 8.78 Å². The van der Waals surface area contributed by atoms with E-state index in [0.29, 0.717) is 18.8 Å². The van der Waals surface area contributed by atoms with Crippen LogP contribution in [0, 0.1) is 11.6 Å². The van der Waals surface area contributed by atoms with Crippen LogP contribution in [0.5, 0.6) is 0 Å². The predicted octanol–water partition coefficient (Wildman–Crippen LogP) is 2.57. The maximum Gasteiger partial charge on any atom is 0.149 e. The Morgan fingerprint density at radius 1 is 0.958 bits per heavy atom. The third kappa shape index (κ3) is 2.46. The van der Waals surface area contributed by atoms with Crippen molar-refractivity contribution in [3.63, 3.8) is 0 Å². The number of fused-ring (bicyclic) bond motifs is 1. The molecule has 1 aromatic carbocycles. The Kier molecular flexibility index (Phi) is 3.55. The number of anilines is 2. The number of piperazine rings is 1. The van der Waals surface area contributed by atoms with E-state index in [1.54, 1.807) is 6.33 Å². The van der Waals surface area contributed by atoms with E-state index in [2.05, 4.69) is 14.9 Å². The van der Waals surface area contributed by atoms with Gasteiger partial charge >= 0.3 is 0 Å². The molecule has 0 unspecified atom stereocenters. The Morgan fingerprint density at radius 2 is 1.71 bits per heavy atom. The van der Waals surface area contributed by atoms with Gasteiger partial charge in [-0.15, -0.1) is 0 Å². The van der Waals surface area contributed by atoms with Crippen LogP contribution < -0.4 is 9.80 Å². The monoisotopic (exact) mass is 329 g/mol. The third-order valence-corrected chi connectivity index (χ3v) is 4.47. The average molecular weight is 329 g/mol. The average Bonchev–Trinajstić information content (AvgIpc) is 2.97. The molecule has 7 heteroatoms. The fourth-order valence-corrected chi connectivity index (χ4v) is 3.21. The van der Waals surface area contributed by atoms with Crippen molar-refractivity contribution in [3.8, 4) is 0 Å². The standard InChI is InChI=1S/C17H17F2N5/c1-22-5-4-13-16(22)20-11-21-17(13)24-8-6-23(7-9-24)15-3-2-12(18)10-14(15)19/h2-5,10-11H,6-9H2,1H3. The van der Waals surface area contributed by atoms with E-state index in [4.69, 9.17) is 0 Å². The molecule has 24 heavy (non-hydrogen) atoms. The van der Waals surface area contributed by atoms with Crippen molar-refractivity contribution >= 4 is 22.5 Å². The van der Waals surface area contributed by atoms with Crippen molar-refractivity contribution in [2.75, 3.05) is 36.0 Å². The first kappa shape index (κ1) is 14.9. The lowest BCUT2D eigenvalue weighted by atomic mass is 10.2. The normalized spacial score (nSPS) is 15.3. The molecule has 1 fully saturated rings. The Labute approximate surface area is 138 Å². The van der Waals surface area contributed by atoms with E-state index in [-0.39, 0.29) is 0 Å². The molecule has 0 saturated carbocycles. The van der Waals surface area contributed by atoms with Gasteiger partial charge in [0, 0.05) is 45.5 Å². The predicted molar refractivity (Wildman–Crippen MR) is 89.3 cm³/mol. The second-order valence-corrected chi connectivity index (χ2v) is 5.93. The molecule has 3 heterocycles. The van der Waals surface area contributed by atoms with Gasteiger partial charge in [-0.05, 0) is 18.2 Å². The highest BCUT2D eigenvalue weighted by Crippen LogP contribution is 2.26. The minimum Gasteiger partial charge on any atom is -0.366 e. The zero-order valence-corrected chi connectivity index (χ0v) is 13.3. The molecule has 3 aromatic rings. The summed E-state index contributed by atoms with van der Waals surface area (Å²) in [4.78, 5) is 12.9. The largest absolute Gasteiger partial charge is 0.366 e. The SMILES string of the molecule is Cn1ccc2c(N3CCN(c4ccc(F)cc4F)CC3)ncnc21. The third-order valence-electron chi connectivity index (χ3n) is 4.47. The highest BCUT2D eigenvalue weighted by molar-refractivity contribution is 5.87. The zero-order valence-electron chi connectivity index (χ0n) is 13.3. The number of hydrogen-bond donors (Lipinski definition) is 0. The first-order valence-corrected chi connectivity index (χ1v) is 7.84. The van der Waals surface area contributed by atoms with Crippen LogP contribution in [0.1, 0.15) is 0 Å². The van der Waals surface area contributed by atoms with E-state index < -0.39 is 11.6 Å². The van der Waals surface area contributed by atoms with Gasteiger partial charge in [-0.2, -0.15) is 0 Å². The van der Waals surface area contributed by atoms with E-state index in [1.807, 2.05) is 28.8 Å².